The molecule has 2 heterocycles. The Balaban J connectivity index is 0.00000208. The second-order valence-electron chi connectivity index (χ2n) is 8.13. The number of hydrogen-bond acceptors (Lipinski definition) is 4. The number of piperidine rings is 1. The van der Waals surface area contributed by atoms with Crippen LogP contribution in [0.1, 0.15) is 45.6 Å². The average molecular weight is 372 g/mol. The second-order valence-corrected chi connectivity index (χ2v) is 8.91. The van der Waals surface area contributed by atoms with Crippen LogP contribution in [0.25, 0.3) is 0 Å². The summed E-state index contributed by atoms with van der Waals surface area (Å²) in [4.78, 5) is 16.7. The number of nitrogens with zero attached hydrogens (tertiary/aromatic N) is 2. The number of carbonyl (C=O) groups is 1. The molecule has 1 aliphatic heterocycles. The van der Waals surface area contributed by atoms with Gasteiger partial charge in [-0.15, -0.1) is 12.4 Å². The summed E-state index contributed by atoms with van der Waals surface area (Å²) in [5.41, 5.74) is 7.65. The van der Waals surface area contributed by atoms with Gasteiger partial charge in [0.2, 0.25) is 5.91 Å². The molecule has 1 unspecified atom stereocenters. The van der Waals surface area contributed by atoms with Crippen molar-refractivity contribution in [2.45, 2.75) is 58.2 Å². The zero-order valence-electron chi connectivity index (χ0n) is 15.0. The molecule has 1 amide bonds. The van der Waals surface area contributed by atoms with E-state index >= 15 is 0 Å². The Kier molecular flexibility index (Phi) is 6.01. The maximum absolute atomic E-state index is 12.1. The average Bonchev–Trinajstić information content (AvgIpc) is 2.89. The van der Waals surface area contributed by atoms with Crippen molar-refractivity contribution in [2.75, 3.05) is 19.6 Å². The number of hydrogen-bond donors (Lipinski definition) is 1. The minimum Gasteiger partial charge on any atom is -0.335 e. The minimum atomic E-state index is -0.127. The molecule has 1 aromatic heterocycles. The minimum absolute atomic E-state index is 0. The fourth-order valence-corrected chi connectivity index (χ4v) is 4.72. The molecule has 1 saturated heterocycles. The number of nitrogens with two attached hydrogens (primary N) is 1. The molecular weight excluding hydrogens is 342 g/mol. The Morgan fingerprint density at radius 1 is 1.46 bits per heavy atom. The lowest BCUT2D eigenvalue weighted by molar-refractivity contribution is -0.130. The van der Waals surface area contributed by atoms with Crippen molar-refractivity contribution < 1.29 is 4.79 Å². The smallest absolute Gasteiger partial charge is 0.220 e. The van der Waals surface area contributed by atoms with Crippen LogP contribution in [0.4, 0.5) is 0 Å². The van der Waals surface area contributed by atoms with E-state index in [-0.39, 0.29) is 23.9 Å². The third-order valence-corrected chi connectivity index (χ3v) is 6.08. The lowest BCUT2D eigenvalue weighted by atomic mass is 9.91. The Bertz CT molecular complexity index is 547. The fraction of sp³-hybridized carbons (Fsp3) is 0.722. The third-order valence-electron chi connectivity index (χ3n) is 5.34. The monoisotopic (exact) mass is 371 g/mol. The summed E-state index contributed by atoms with van der Waals surface area (Å²) in [5, 5.41) is 4.24. The van der Waals surface area contributed by atoms with Gasteiger partial charge in [0.1, 0.15) is 0 Å². The maximum atomic E-state index is 12.1. The van der Waals surface area contributed by atoms with Crippen molar-refractivity contribution in [1.82, 2.24) is 9.80 Å². The molecule has 1 aliphatic carbocycles. The van der Waals surface area contributed by atoms with Crippen LogP contribution in [0.5, 0.6) is 0 Å². The first-order valence-electron chi connectivity index (χ1n) is 8.59. The van der Waals surface area contributed by atoms with Crippen LogP contribution in [-0.2, 0) is 11.3 Å². The highest BCUT2D eigenvalue weighted by Gasteiger charge is 2.58. The second kappa shape index (κ2) is 7.32. The predicted octanol–water partition coefficient (Wildman–Crippen LogP) is 3.11. The van der Waals surface area contributed by atoms with Gasteiger partial charge < -0.3 is 15.5 Å². The highest BCUT2D eigenvalue weighted by molar-refractivity contribution is 7.07. The third kappa shape index (κ3) is 4.51. The molecule has 0 bridgehead atoms. The van der Waals surface area contributed by atoms with Gasteiger partial charge in [-0.2, -0.15) is 11.3 Å². The molecule has 1 spiro atoms. The zero-order valence-corrected chi connectivity index (χ0v) is 16.6. The Labute approximate surface area is 155 Å². The van der Waals surface area contributed by atoms with Crippen LogP contribution in [0.3, 0.4) is 0 Å². The van der Waals surface area contributed by atoms with E-state index in [0.717, 1.165) is 26.2 Å². The predicted molar refractivity (Wildman–Crippen MR) is 103 cm³/mol. The summed E-state index contributed by atoms with van der Waals surface area (Å²) >= 11 is 1.70. The number of carbonyl (C=O) groups excluding carboxylic acids is 1. The Morgan fingerprint density at radius 2 is 2.12 bits per heavy atom. The maximum Gasteiger partial charge on any atom is 0.220 e. The van der Waals surface area contributed by atoms with Crippen molar-refractivity contribution in [3.8, 4) is 0 Å². The van der Waals surface area contributed by atoms with E-state index in [1.54, 1.807) is 18.3 Å². The molecule has 4 nitrogen and oxygen atoms in total. The number of likely N-dealkylation sites (tertiary alicyclic amines) is 1. The molecule has 3 rings (SSSR count). The van der Waals surface area contributed by atoms with Gasteiger partial charge in [-0.05, 0) is 74.0 Å². The van der Waals surface area contributed by atoms with Gasteiger partial charge in [0.25, 0.3) is 0 Å². The van der Waals surface area contributed by atoms with Crippen LogP contribution in [0.2, 0.25) is 0 Å². The summed E-state index contributed by atoms with van der Waals surface area (Å²) < 4.78 is 0. The van der Waals surface area contributed by atoms with Crippen LogP contribution < -0.4 is 5.73 Å². The van der Waals surface area contributed by atoms with E-state index in [4.69, 9.17) is 5.73 Å². The molecule has 1 aromatic rings. The molecule has 2 aliphatic rings. The highest BCUT2D eigenvalue weighted by Crippen LogP contribution is 2.57. The number of thiophene rings is 1. The van der Waals surface area contributed by atoms with Gasteiger partial charge in [-0.25, -0.2) is 0 Å². The SMILES string of the molecule is CC(=O)N(Cc1ccsc1)C1CC12CCN(CC(C)(C)N)CC2.Cl. The molecule has 1 atom stereocenters. The molecular formula is C18H30ClN3OS. The fourth-order valence-electron chi connectivity index (χ4n) is 4.06. The highest BCUT2D eigenvalue weighted by atomic mass is 35.5. The summed E-state index contributed by atoms with van der Waals surface area (Å²) in [6.45, 7) is 9.85. The Morgan fingerprint density at radius 3 is 2.62 bits per heavy atom. The van der Waals surface area contributed by atoms with Crippen LogP contribution in [0.15, 0.2) is 16.8 Å². The lowest BCUT2D eigenvalue weighted by Crippen LogP contribution is -2.49. The van der Waals surface area contributed by atoms with Gasteiger partial charge in [0, 0.05) is 31.6 Å². The van der Waals surface area contributed by atoms with E-state index in [2.05, 4.69) is 40.5 Å². The van der Waals surface area contributed by atoms with Crippen molar-refractivity contribution in [1.29, 1.82) is 0 Å². The molecule has 136 valence electrons. The first-order chi connectivity index (χ1) is 10.8. The normalized spacial score (nSPS) is 22.9. The molecule has 1 saturated carbocycles. The first kappa shape index (κ1) is 19.7. The van der Waals surface area contributed by atoms with Gasteiger partial charge in [0.05, 0.1) is 0 Å². The van der Waals surface area contributed by atoms with E-state index in [9.17, 15) is 4.79 Å². The summed E-state index contributed by atoms with van der Waals surface area (Å²) in [6.07, 6.45) is 3.57. The first-order valence-corrected chi connectivity index (χ1v) is 9.53. The van der Waals surface area contributed by atoms with Crippen molar-refractivity contribution >= 4 is 29.7 Å². The summed E-state index contributed by atoms with van der Waals surface area (Å²) in [5.74, 6) is 0.212. The van der Waals surface area contributed by atoms with E-state index < -0.39 is 0 Å². The molecule has 0 aromatic carbocycles. The van der Waals surface area contributed by atoms with Crippen molar-refractivity contribution in [3.63, 3.8) is 0 Å². The van der Waals surface area contributed by atoms with Gasteiger partial charge in [-0.1, -0.05) is 0 Å². The molecule has 2 N–H and O–H groups in total. The molecule has 6 heteroatoms. The van der Waals surface area contributed by atoms with Crippen LogP contribution >= 0.6 is 23.7 Å². The molecule has 0 radical (unpaired) electrons. The number of amides is 1. The van der Waals surface area contributed by atoms with Gasteiger partial charge >= 0.3 is 0 Å². The van der Waals surface area contributed by atoms with Crippen molar-refractivity contribution in [3.05, 3.63) is 22.4 Å². The lowest BCUT2D eigenvalue weighted by Gasteiger charge is -2.37. The standard InChI is InChI=1S/C18H29N3OS.ClH/c1-14(22)21(11-15-4-9-23-12-15)16-10-18(16)5-7-20(8-6-18)13-17(2,3)19;/h4,9,12,16H,5-8,10-11,13,19H2,1-3H3;1H. The van der Waals surface area contributed by atoms with Crippen LogP contribution in [-0.4, -0.2) is 46.9 Å². The number of halogens is 1. The topological polar surface area (TPSA) is 49.6 Å². The van der Waals surface area contributed by atoms with Crippen LogP contribution in [0, 0.1) is 5.41 Å². The zero-order chi connectivity index (χ0) is 16.7. The molecule has 2 fully saturated rings. The summed E-state index contributed by atoms with van der Waals surface area (Å²) in [6, 6.07) is 2.56. The quantitative estimate of drug-likeness (QED) is 0.865. The van der Waals surface area contributed by atoms with E-state index in [1.165, 1.54) is 24.8 Å². The molecule has 24 heavy (non-hydrogen) atoms. The summed E-state index contributed by atoms with van der Waals surface area (Å²) in [7, 11) is 0. The van der Waals surface area contributed by atoms with Crippen molar-refractivity contribution in [2.24, 2.45) is 11.1 Å². The van der Waals surface area contributed by atoms with E-state index in [1.807, 2.05) is 0 Å². The Hall–Kier alpha value is -0.620. The van der Waals surface area contributed by atoms with Gasteiger partial charge in [-0.3, -0.25) is 4.79 Å². The number of rotatable bonds is 5. The van der Waals surface area contributed by atoms with E-state index in [0.29, 0.717) is 11.5 Å². The largest absolute Gasteiger partial charge is 0.335 e. The van der Waals surface area contributed by atoms with Gasteiger partial charge in [0.15, 0.2) is 0 Å².